The van der Waals surface area contributed by atoms with Gasteiger partial charge in [-0.05, 0) is 18.1 Å². The number of amides is 1. The number of aryl methyl sites for hydroxylation is 1. The number of H-pyrrole nitrogens is 1. The van der Waals surface area contributed by atoms with Crippen LogP contribution in [-0.2, 0) is 20.7 Å². The molecule has 118 valence electrons. The van der Waals surface area contributed by atoms with Crippen molar-refractivity contribution in [3.05, 3.63) is 36.0 Å². The van der Waals surface area contributed by atoms with Crippen molar-refractivity contribution in [1.29, 1.82) is 0 Å². The van der Waals surface area contributed by atoms with E-state index in [9.17, 15) is 9.59 Å². The van der Waals surface area contributed by atoms with Gasteiger partial charge in [-0.15, -0.1) is 0 Å². The van der Waals surface area contributed by atoms with Crippen LogP contribution in [0.25, 0.3) is 10.9 Å². The van der Waals surface area contributed by atoms with Crippen molar-refractivity contribution < 1.29 is 19.4 Å². The fourth-order valence-electron chi connectivity index (χ4n) is 2.35. The minimum absolute atomic E-state index is 0.249. The van der Waals surface area contributed by atoms with E-state index in [4.69, 9.17) is 9.84 Å². The number of aromatic nitrogens is 1. The molecule has 6 heteroatoms. The second kappa shape index (κ2) is 7.61. The molecule has 1 unspecified atom stereocenters. The maximum Gasteiger partial charge on any atom is 0.326 e. The predicted octanol–water partition coefficient (Wildman–Crippen LogP) is 1.71. The van der Waals surface area contributed by atoms with Crippen LogP contribution < -0.4 is 5.32 Å². The fourth-order valence-corrected chi connectivity index (χ4v) is 2.35. The van der Waals surface area contributed by atoms with Crippen LogP contribution in [0.15, 0.2) is 30.5 Å². The lowest BCUT2D eigenvalue weighted by molar-refractivity contribution is -0.142. The molecule has 0 fully saturated rings. The largest absolute Gasteiger partial charge is 0.480 e. The number of para-hydroxylation sites is 1. The normalized spacial score (nSPS) is 12.2. The monoisotopic (exact) mass is 304 g/mol. The number of aliphatic carboxylic acids is 1. The van der Waals surface area contributed by atoms with E-state index in [1.54, 1.807) is 0 Å². The quantitative estimate of drug-likeness (QED) is 0.692. The Hall–Kier alpha value is -2.34. The van der Waals surface area contributed by atoms with Crippen LogP contribution in [0.3, 0.4) is 0 Å². The summed E-state index contributed by atoms with van der Waals surface area (Å²) in [6.45, 7) is 0.291. The number of benzene rings is 1. The molecule has 3 N–H and O–H groups in total. The van der Waals surface area contributed by atoms with E-state index < -0.39 is 12.0 Å². The van der Waals surface area contributed by atoms with Crippen LogP contribution in [0.2, 0.25) is 0 Å². The highest BCUT2D eigenvalue weighted by atomic mass is 16.5. The summed E-state index contributed by atoms with van der Waals surface area (Å²) < 4.78 is 4.85. The second-order valence-electron chi connectivity index (χ2n) is 5.10. The van der Waals surface area contributed by atoms with Gasteiger partial charge in [0.25, 0.3) is 0 Å². The molecule has 2 rings (SSSR count). The Morgan fingerprint density at radius 1 is 1.36 bits per heavy atom. The van der Waals surface area contributed by atoms with Gasteiger partial charge in [0.15, 0.2) is 0 Å². The van der Waals surface area contributed by atoms with E-state index in [2.05, 4.69) is 10.3 Å². The summed E-state index contributed by atoms with van der Waals surface area (Å²) in [7, 11) is 1.50. The van der Waals surface area contributed by atoms with Crippen LogP contribution in [0.1, 0.15) is 18.4 Å². The van der Waals surface area contributed by atoms with Gasteiger partial charge in [0.1, 0.15) is 6.04 Å². The van der Waals surface area contributed by atoms with Gasteiger partial charge in [-0.2, -0.15) is 0 Å². The third kappa shape index (κ3) is 4.08. The van der Waals surface area contributed by atoms with Gasteiger partial charge in [0.05, 0.1) is 0 Å². The van der Waals surface area contributed by atoms with Crippen molar-refractivity contribution in [1.82, 2.24) is 10.3 Å². The Labute approximate surface area is 128 Å². The van der Waals surface area contributed by atoms with Crippen LogP contribution in [0.5, 0.6) is 0 Å². The lowest BCUT2D eigenvalue weighted by Gasteiger charge is -2.13. The van der Waals surface area contributed by atoms with Crippen LogP contribution in [-0.4, -0.2) is 41.7 Å². The molecule has 0 saturated heterocycles. The molecule has 0 aliphatic heterocycles. The molecule has 0 bridgehead atoms. The van der Waals surface area contributed by atoms with Crippen molar-refractivity contribution in [2.45, 2.75) is 25.3 Å². The highest BCUT2D eigenvalue weighted by Gasteiger charge is 2.19. The van der Waals surface area contributed by atoms with Crippen LogP contribution >= 0.6 is 0 Å². The summed E-state index contributed by atoms with van der Waals surface area (Å²) in [5.41, 5.74) is 2.08. The summed E-state index contributed by atoms with van der Waals surface area (Å²) in [6, 6.07) is 6.96. The Kier molecular flexibility index (Phi) is 5.55. The smallest absolute Gasteiger partial charge is 0.326 e. The molecule has 1 amide bonds. The number of carboxylic acid groups (broad SMARTS) is 1. The first-order chi connectivity index (χ1) is 10.6. The number of fused-ring (bicyclic) bond motifs is 1. The highest BCUT2D eigenvalue weighted by Crippen LogP contribution is 2.18. The fraction of sp³-hybridized carbons (Fsp3) is 0.375. The molecule has 1 heterocycles. The van der Waals surface area contributed by atoms with E-state index in [-0.39, 0.29) is 18.7 Å². The Balaban J connectivity index is 1.90. The molecule has 1 aromatic carbocycles. The Bertz CT molecular complexity index is 650. The van der Waals surface area contributed by atoms with Crippen molar-refractivity contribution in [2.75, 3.05) is 13.7 Å². The Morgan fingerprint density at radius 2 is 2.14 bits per heavy atom. The van der Waals surface area contributed by atoms with Gasteiger partial charge in [-0.25, -0.2) is 4.79 Å². The van der Waals surface area contributed by atoms with Gasteiger partial charge < -0.3 is 20.1 Å². The summed E-state index contributed by atoms with van der Waals surface area (Å²) in [5.74, 6) is -1.31. The summed E-state index contributed by atoms with van der Waals surface area (Å²) in [5, 5.41) is 12.7. The van der Waals surface area contributed by atoms with Crippen LogP contribution in [0.4, 0.5) is 0 Å². The predicted molar refractivity (Wildman–Crippen MR) is 82.7 cm³/mol. The maximum absolute atomic E-state index is 11.9. The van der Waals surface area contributed by atoms with Crippen molar-refractivity contribution >= 4 is 22.8 Å². The van der Waals surface area contributed by atoms with Gasteiger partial charge in [0.2, 0.25) is 5.91 Å². The number of carbonyl (C=O) groups excluding carboxylic acids is 1. The molecule has 0 aliphatic rings. The maximum atomic E-state index is 11.9. The molecule has 2 aromatic rings. The van der Waals surface area contributed by atoms with Gasteiger partial charge in [-0.3, -0.25) is 4.79 Å². The third-order valence-electron chi connectivity index (χ3n) is 3.54. The molecular formula is C16H20N2O4. The molecule has 6 nitrogen and oxygen atoms in total. The second-order valence-corrected chi connectivity index (χ2v) is 5.10. The standard InChI is InChI=1S/C16H20N2O4/c1-22-9-8-14(16(20)21)18-15(19)7-6-11-10-17-13-5-3-2-4-12(11)13/h2-5,10,14,17H,6-9H2,1H3,(H,18,19)(H,20,21). The number of carbonyl (C=O) groups is 2. The van der Waals surface area contributed by atoms with Gasteiger partial charge in [0, 0.05) is 43.7 Å². The number of hydrogen-bond acceptors (Lipinski definition) is 3. The third-order valence-corrected chi connectivity index (χ3v) is 3.54. The number of methoxy groups -OCH3 is 1. The van der Waals surface area contributed by atoms with Crippen LogP contribution in [0, 0.1) is 0 Å². The molecule has 0 radical (unpaired) electrons. The lowest BCUT2D eigenvalue weighted by atomic mass is 10.1. The number of ether oxygens (including phenoxy) is 1. The van der Waals surface area contributed by atoms with E-state index in [0.29, 0.717) is 13.0 Å². The highest BCUT2D eigenvalue weighted by molar-refractivity contribution is 5.85. The molecule has 0 aliphatic carbocycles. The minimum Gasteiger partial charge on any atom is -0.480 e. The zero-order chi connectivity index (χ0) is 15.9. The van der Waals surface area contributed by atoms with Gasteiger partial charge in [-0.1, -0.05) is 18.2 Å². The Morgan fingerprint density at radius 3 is 2.86 bits per heavy atom. The lowest BCUT2D eigenvalue weighted by Crippen LogP contribution is -2.41. The minimum atomic E-state index is -1.04. The molecular weight excluding hydrogens is 284 g/mol. The average molecular weight is 304 g/mol. The summed E-state index contributed by atoms with van der Waals surface area (Å²) in [4.78, 5) is 26.2. The first-order valence-corrected chi connectivity index (χ1v) is 7.18. The molecule has 1 aromatic heterocycles. The molecule has 0 saturated carbocycles. The van der Waals surface area contributed by atoms with Crippen molar-refractivity contribution in [3.8, 4) is 0 Å². The molecule has 1 atom stereocenters. The first-order valence-electron chi connectivity index (χ1n) is 7.18. The number of aromatic amines is 1. The van der Waals surface area contributed by atoms with E-state index in [0.717, 1.165) is 16.5 Å². The van der Waals surface area contributed by atoms with E-state index in [1.807, 2.05) is 30.5 Å². The van der Waals surface area contributed by atoms with Crippen molar-refractivity contribution in [2.24, 2.45) is 0 Å². The number of hydrogen-bond donors (Lipinski definition) is 3. The molecule has 22 heavy (non-hydrogen) atoms. The number of rotatable bonds is 8. The van der Waals surface area contributed by atoms with E-state index >= 15 is 0 Å². The average Bonchev–Trinajstić information content (AvgIpc) is 2.92. The van der Waals surface area contributed by atoms with Gasteiger partial charge >= 0.3 is 5.97 Å². The zero-order valence-corrected chi connectivity index (χ0v) is 12.5. The van der Waals surface area contributed by atoms with E-state index in [1.165, 1.54) is 7.11 Å². The zero-order valence-electron chi connectivity index (χ0n) is 12.5. The number of carboxylic acids is 1. The topological polar surface area (TPSA) is 91.4 Å². The molecule has 0 spiro atoms. The summed E-state index contributed by atoms with van der Waals surface area (Å²) >= 11 is 0. The summed E-state index contributed by atoms with van der Waals surface area (Å²) in [6.07, 6.45) is 2.95. The first kappa shape index (κ1) is 16.0. The van der Waals surface area contributed by atoms with Crippen molar-refractivity contribution in [3.63, 3.8) is 0 Å². The number of nitrogens with one attached hydrogen (secondary N) is 2. The SMILES string of the molecule is COCCC(NC(=O)CCc1c[nH]c2ccccc12)C(=O)O.